The molecule has 0 radical (unpaired) electrons. The summed E-state index contributed by atoms with van der Waals surface area (Å²) in [5.74, 6) is 0.222. The Morgan fingerprint density at radius 2 is 1.96 bits per heavy atom. The molecule has 3 N–H and O–H groups in total. The number of para-hydroxylation sites is 1. The Morgan fingerprint density at radius 3 is 2.59 bits per heavy atom. The molecule has 0 saturated heterocycles. The van der Waals surface area contributed by atoms with Crippen LogP contribution >= 0.6 is 15.9 Å². The average molecular weight is 453 g/mol. The van der Waals surface area contributed by atoms with Gasteiger partial charge in [-0.1, -0.05) is 6.07 Å². The third-order valence-electron chi connectivity index (χ3n) is 3.85. The number of fused-ring (bicyclic) bond motifs is 1. The van der Waals surface area contributed by atoms with E-state index in [0.717, 1.165) is 0 Å². The lowest BCUT2D eigenvalue weighted by molar-refractivity contribution is -0.0513. The summed E-state index contributed by atoms with van der Waals surface area (Å²) < 4.78 is 34.7. The van der Waals surface area contributed by atoms with Crippen LogP contribution in [-0.4, -0.2) is 27.1 Å². The van der Waals surface area contributed by atoms with E-state index in [0.29, 0.717) is 33.7 Å². The Bertz CT molecular complexity index is 1000. The van der Waals surface area contributed by atoms with Crippen molar-refractivity contribution < 1.29 is 22.7 Å². The van der Waals surface area contributed by atoms with E-state index in [1.807, 2.05) is 0 Å². The Kier molecular flexibility index (Phi) is 5.66. The molecule has 7 nitrogen and oxygen atoms in total. The molecule has 1 unspecified atom stereocenters. The van der Waals surface area contributed by atoms with Gasteiger partial charge in [0.25, 0.3) is 0 Å². The van der Waals surface area contributed by atoms with Crippen LogP contribution in [0.1, 0.15) is 17.3 Å². The first kappa shape index (κ1) is 19.6. The van der Waals surface area contributed by atoms with Crippen LogP contribution in [0.3, 0.4) is 0 Å². The molecular formula is C18H17BrN2O5S. The van der Waals surface area contributed by atoms with Crippen LogP contribution < -0.4 is 15.2 Å². The number of hydrogen-bond donors (Lipinski definition) is 2. The standard InChI is InChI=1S/C18H17BrN2O5S/c1-2-25-18-14(16(22)13-4-3-5-15(19)17(13)26-18)10-21-11-6-8-12(9-7-11)27(20,23)24/h3-10,18,21H,2H2,1H3,(H2,20,23,24)/b14-10+. The number of ether oxygens (including phenoxy) is 2. The largest absolute Gasteiger partial charge is 0.458 e. The van der Waals surface area contributed by atoms with Gasteiger partial charge in [0, 0.05) is 18.5 Å². The molecular weight excluding hydrogens is 436 g/mol. The number of Topliss-reactive ketones (excluding diaryl/α,β-unsaturated/α-hetero) is 1. The zero-order valence-electron chi connectivity index (χ0n) is 14.3. The van der Waals surface area contributed by atoms with E-state index in [9.17, 15) is 13.2 Å². The van der Waals surface area contributed by atoms with E-state index in [4.69, 9.17) is 14.6 Å². The van der Waals surface area contributed by atoms with E-state index in [2.05, 4.69) is 21.2 Å². The Balaban J connectivity index is 1.90. The number of hydrogen-bond acceptors (Lipinski definition) is 6. The van der Waals surface area contributed by atoms with Crippen LogP contribution in [0.15, 0.2) is 63.6 Å². The summed E-state index contributed by atoms with van der Waals surface area (Å²) in [5.41, 5.74) is 1.31. The van der Waals surface area contributed by atoms with Crippen molar-refractivity contribution in [3.63, 3.8) is 0 Å². The SMILES string of the molecule is CCOC1Oc2c(Br)cccc2C(=O)/C1=C\Nc1ccc(S(N)(=O)=O)cc1. The highest BCUT2D eigenvalue weighted by atomic mass is 79.9. The minimum absolute atomic E-state index is 0.00347. The van der Waals surface area contributed by atoms with Crippen molar-refractivity contribution in [3.8, 4) is 5.75 Å². The molecule has 9 heteroatoms. The number of carbonyl (C=O) groups is 1. The highest BCUT2D eigenvalue weighted by molar-refractivity contribution is 9.10. The molecule has 0 spiro atoms. The number of carbonyl (C=O) groups excluding carboxylic acids is 1. The molecule has 0 amide bonds. The molecule has 27 heavy (non-hydrogen) atoms. The number of nitrogens with one attached hydrogen (secondary N) is 1. The van der Waals surface area contributed by atoms with Crippen molar-refractivity contribution in [2.75, 3.05) is 11.9 Å². The highest BCUT2D eigenvalue weighted by Gasteiger charge is 2.33. The van der Waals surface area contributed by atoms with Gasteiger partial charge in [0.1, 0.15) is 5.75 Å². The zero-order chi connectivity index (χ0) is 19.6. The van der Waals surface area contributed by atoms with Gasteiger partial charge in [0.2, 0.25) is 22.1 Å². The van der Waals surface area contributed by atoms with E-state index in [1.165, 1.54) is 18.3 Å². The number of ketones is 1. The topological polar surface area (TPSA) is 108 Å². The summed E-state index contributed by atoms with van der Waals surface area (Å²) in [4.78, 5) is 12.9. The number of sulfonamides is 1. The number of primary sulfonamides is 1. The van der Waals surface area contributed by atoms with Crippen LogP contribution in [0.2, 0.25) is 0 Å². The third-order valence-corrected chi connectivity index (χ3v) is 5.40. The van der Waals surface area contributed by atoms with Gasteiger partial charge >= 0.3 is 0 Å². The van der Waals surface area contributed by atoms with Gasteiger partial charge in [0.05, 0.1) is 20.5 Å². The summed E-state index contributed by atoms with van der Waals surface area (Å²) in [6, 6.07) is 11.1. The molecule has 0 aliphatic carbocycles. The molecule has 0 bridgehead atoms. The molecule has 0 saturated carbocycles. The number of nitrogens with two attached hydrogens (primary N) is 1. The lowest BCUT2D eigenvalue weighted by Gasteiger charge is -2.28. The van der Waals surface area contributed by atoms with Crippen LogP contribution in [0, 0.1) is 0 Å². The molecule has 0 aromatic heterocycles. The number of benzene rings is 2. The quantitative estimate of drug-likeness (QED) is 0.674. The molecule has 1 atom stereocenters. The Morgan fingerprint density at radius 1 is 1.26 bits per heavy atom. The van der Waals surface area contributed by atoms with Gasteiger partial charge in [0.15, 0.2) is 0 Å². The van der Waals surface area contributed by atoms with Crippen molar-refractivity contribution in [2.24, 2.45) is 5.14 Å². The summed E-state index contributed by atoms with van der Waals surface area (Å²) in [6.45, 7) is 2.17. The first-order valence-corrected chi connectivity index (χ1v) is 10.4. The monoisotopic (exact) mass is 452 g/mol. The number of halogens is 1. The summed E-state index contributed by atoms with van der Waals surface area (Å²) in [7, 11) is -3.76. The first-order valence-electron chi connectivity index (χ1n) is 8.02. The summed E-state index contributed by atoms with van der Waals surface area (Å²) in [6.07, 6.45) is 0.642. The van der Waals surface area contributed by atoms with Gasteiger partial charge in [-0.2, -0.15) is 0 Å². The van der Waals surface area contributed by atoms with Crippen LogP contribution in [0.25, 0.3) is 0 Å². The molecule has 1 aliphatic heterocycles. The second kappa shape index (κ2) is 7.81. The van der Waals surface area contributed by atoms with Gasteiger partial charge in [-0.3, -0.25) is 4.79 Å². The van der Waals surface area contributed by atoms with E-state index in [-0.39, 0.29) is 10.7 Å². The lowest BCUT2D eigenvalue weighted by Crippen LogP contribution is -2.33. The maximum atomic E-state index is 12.9. The smallest absolute Gasteiger partial charge is 0.238 e. The first-order chi connectivity index (χ1) is 12.8. The van der Waals surface area contributed by atoms with E-state index >= 15 is 0 Å². The predicted molar refractivity (Wildman–Crippen MR) is 104 cm³/mol. The van der Waals surface area contributed by atoms with Crippen LogP contribution in [-0.2, 0) is 14.8 Å². The molecule has 1 aliphatic rings. The van der Waals surface area contributed by atoms with Crippen molar-refractivity contribution in [3.05, 3.63) is 64.3 Å². The third kappa shape index (κ3) is 4.22. The maximum absolute atomic E-state index is 12.9. The van der Waals surface area contributed by atoms with Crippen LogP contribution in [0.5, 0.6) is 5.75 Å². The van der Waals surface area contributed by atoms with Gasteiger partial charge in [-0.25, -0.2) is 13.6 Å². The zero-order valence-corrected chi connectivity index (χ0v) is 16.7. The fraction of sp³-hybridized carbons (Fsp3) is 0.167. The fourth-order valence-corrected chi connectivity index (χ4v) is 3.53. The maximum Gasteiger partial charge on any atom is 0.238 e. The normalized spacial score (nSPS) is 18.1. The fourth-order valence-electron chi connectivity index (χ4n) is 2.55. The molecule has 3 rings (SSSR count). The summed E-state index contributed by atoms with van der Waals surface area (Å²) in [5, 5.41) is 8.05. The van der Waals surface area contributed by atoms with Gasteiger partial charge < -0.3 is 14.8 Å². The van der Waals surface area contributed by atoms with Crippen molar-refractivity contribution >= 4 is 37.4 Å². The van der Waals surface area contributed by atoms with Crippen LogP contribution in [0.4, 0.5) is 5.69 Å². The Hall–Kier alpha value is -2.20. The molecule has 2 aromatic rings. The van der Waals surface area contributed by atoms with Gasteiger partial charge in [-0.05, 0) is 59.3 Å². The minimum atomic E-state index is -3.76. The van der Waals surface area contributed by atoms with Crippen molar-refractivity contribution in [2.45, 2.75) is 18.1 Å². The average Bonchev–Trinajstić information content (AvgIpc) is 2.62. The second-order valence-electron chi connectivity index (χ2n) is 5.66. The molecule has 2 aromatic carbocycles. The summed E-state index contributed by atoms with van der Waals surface area (Å²) >= 11 is 3.38. The van der Waals surface area contributed by atoms with Crippen molar-refractivity contribution in [1.29, 1.82) is 0 Å². The number of rotatable bonds is 5. The Labute approximate surface area is 165 Å². The number of anilines is 1. The lowest BCUT2D eigenvalue weighted by atomic mass is 10.00. The molecule has 0 fully saturated rings. The minimum Gasteiger partial charge on any atom is -0.458 e. The van der Waals surface area contributed by atoms with E-state index < -0.39 is 16.3 Å². The van der Waals surface area contributed by atoms with Gasteiger partial charge in [-0.15, -0.1) is 0 Å². The molecule has 142 valence electrons. The second-order valence-corrected chi connectivity index (χ2v) is 8.08. The highest BCUT2D eigenvalue weighted by Crippen LogP contribution is 2.37. The van der Waals surface area contributed by atoms with Crippen molar-refractivity contribution in [1.82, 2.24) is 0 Å². The molecule has 1 heterocycles. The predicted octanol–water partition coefficient (Wildman–Crippen LogP) is 3.03. The van der Waals surface area contributed by atoms with E-state index in [1.54, 1.807) is 37.3 Å².